The molecule has 2 aromatic heterocycles. The highest BCUT2D eigenvalue weighted by Crippen LogP contribution is 2.22. The lowest BCUT2D eigenvalue weighted by atomic mass is 9.96. The van der Waals surface area contributed by atoms with Gasteiger partial charge in [0, 0.05) is 18.5 Å². The monoisotopic (exact) mass is 245 g/mol. The Hall–Kier alpha value is -1.65. The smallest absolute Gasteiger partial charge is 0.178 e. The fourth-order valence-corrected chi connectivity index (χ4v) is 2.36. The van der Waals surface area contributed by atoms with Gasteiger partial charge in [-0.15, -0.1) is 15.3 Å². The Kier molecular flexibility index (Phi) is 2.50. The van der Waals surface area contributed by atoms with Crippen LogP contribution < -0.4 is 4.90 Å². The van der Waals surface area contributed by atoms with E-state index >= 15 is 0 Å². The molecule has 0 spiro atoms. The van der Waals surface area contributed by atoms with E-state index < -0.39 is 0 Å². The summed E-state index contributed by atoms with van der Waals surface area (Å²) in [6, 6.07) is 4.05. The van der Waals surface area contributed by atoms with Crippen LogP contribution in [0.2, 0.25) is 0 Å². The third-order valence-electron chi connectivity index (χ3n) is 3.35. The summed E-state index contributed by atoms with van der Waals surface area (Å²) in [5, 5.41) is 13.2. The molecule has 0 N–H and O–H groups in total. The van der Waals surface area contributed by atoms with Gasteiger partial charge >= 0.3 is 0 Å². The SMILES string of the molecule is CC(C)(C)c1nnc2ccc(N3CCCC3)nn12. The highest BCUT2D eigenvalue weighted by molar-refractivity contribution is 5.46. The minimum Gasteiger partial charge on any atom is -0.355 e. The topological polar surface area (TPSA) is 46.3 Å². The second-order valence-corrected chi connectivity index (χ2v) is 5.93. The van der Waals surface area contributed by atoms with E-state index in [1.165, 1.54) is 12.8 Å². The Morgan fingerprint density at radius 1 is 1.06 bits per heavy atom. The molecule has 0 unspecified atom stereocenters. The fraction of sp³-hybridized carbons (Fsp3) is 0.615. The third kappa shape index (κ3) is 1.83. The number of fused-ring (bicyclic) bond motifs is 1. The van der Waals surface area contributed by atoms with E-state index in [4.69, 9.17) is 5.10 Å². The predicted octanol–water partition coefficient (Wildman–Crippen LogP) is 2.02. The van der Waals surface area contributed by atoms with Crippen LogP contribution in [-0.4, -0.2) is 32.9 Å². The summed E-state index contributed by atoms with van der Waals surface area (Å²) < 4.78 is 1.88. The minimum absolute atomic E-state index is 0.0456. The molecule has 5 nitrogen and oxygen atoms in total. The molecule has 18 heavy (non-hydrogen) atoms. The van der Waals surface area contributed by atoms with Gasteiger partial charge < -0.3 is 4.90 Å². The van der Waals surface area contributed by atoms with E-state index in [9.17, 15) is 0 Å². The summed E-state index contributed by atoms with van der Waals surface area (Å²) in [7, 11) is 0. The van der Waals surface area contributed by atoms with Crippen LogP contribution in [0.4, 0.5) is 5.82 Å². The van der Waals surface area contributed by atoms with Crippen molar-refractivity contribution in [3.63, 3.8) is 0 Å². The molecule has 0 saturated carbocycles. The highest BCUT2D eigenvalue weighted by Gasteiger charge is 2.22. The largest absolute Gasteiger partial charge is 0.355 e. The van der Waals surface area contributed by atoms with E-state index in [2.05, 4.69) is 35.9 Å². The summed E-state index contributed by atoms with van der Waals surface area (Å²) in [5.41, 5.74) is 0.777. The molecular formula is C13H19N5. The number of hydrogen-bond acceptors (Lipinski definition) is 4. The molecule has 96 valence electrons. The Morgan fingerprint density at radius 2 is 1.78 bits per heavy atom. The van der Waals surface area contributed by atoms with Crippen LogP contribution in [0, 0.1) is 0 Å². The molecule has 0 amide bonds. The molecule has 1 aliphatic rings. The van der Waals surface area contributed by atoms with E-state index in [0.29, 0.717) is 0 Å². The summed E-state index contributed by atoms with van der Waals surface area (Å²) in [5.74, 6) is 1.95. The van der Waals surface area contributed by atoms with Crippen molar-refractivity contribution < 1.29 is 0 Å². The number of nitrogens with zero attached hydrogens (tertiary/aromatic N) is 5. The van der Waals surface area contributed by atoms with Gasteiger partial charge in [0.1, 0.15) is 5.82 Å². The van der Waals surface area contributed by atoms with Crippen molar-refractivity contribution >= 4 is 11.5 Å². The first kappa shape index (κ1) is 11.4. The lowest BCUT2D eigenvalue weighted by Gasteiger charge is -2.18. The van der Waals surface area contributed by atoms with E-state index in [1.54, 1.807) is 0 Å². The molecule has 1 aliphatic heterocycles. The second kappa shape index (κ2) is 3.93. The normalized spacial score (nSPS) is 16.7. The predicted molar refractivity (Wildman–Crippen MR) is 70.9 cm³/mol. The number of rotatable bonds is 1. The van der Waals surface area contributed by atoms with Crippen molar-refractivity contribution in [3.8, 4) is 0 Å². The van der Waals surface area contributed by atoms with E-state index in [0.717, 1.165) is 30.4 Å². The van der Waals surface area contributed by atoms with Gasteiger partial charge in [0.15, 0.2) is 11.5 Å². The molecule has 0 bridgehead atoms. The zero-order valence-electron chi connectivity index (χ0n) is 11.2. The molecule has 0 atom stereocenters. The van der Waals surface area contributed by atoms with Crippen LogP contribution in [-0.2, 0) is 5.41 Å². The van der Waals surface area contributed by atoms with Crippen molar-refractivity contribution in [3.05, 3.63) is 18.0 Å². The van der Waals surface area contributed by atoms with Crippen LogP contribution >= 0.6 is 0 Å². The molecular weight excluding hydrogens is 226 g/mol. The lowest BCUT2D eigenvalue weighted by molar-refractivity contribution is 0.526. The maximum atomic E-state index is 4.70. The van der Waals surface area contributed by atoms with E-state index in [-0.39, 0.29) is 5.41 Å². The molecule has 1 saturated heterocycles. The average Bonchev–Trinajstić information content (AvgIpc) is 2.96. The van der Waals surface area contributed by atoms with Gasteiger partial charge in [0.2, 0.25) is 0 Å². The molecule has 2 aromatic rings. The zero-order chi connectivity index (χ0) is 12.8. The Balaban J connectivity index is 2.09. The third-order valence-corrected chi connectivity index (χ3v) is 3.35. The van der Waals surface area contributed by atoms with Crippen LogP contribution in [0.25, 0.3) is 5.65 Å². The molecule has 1 fully saturated rings. The maximum Gasteiger partial charge on any atom is 0.178 e. The first-order valence-electron chi connectivity index (χ1n) is 6.53. The van der Waals surface area contributed by atoms with Crippen LogP contribution in [0.3, 0.4) is 0 Å². The lowest BCUT2D eigenvalue weighted by Crippen LogP contribution is -2.22. The Labute approximate surface area is 107 Å². The zero-order valence-corrected chi connectivity index (χ0v) is 11.2. The molecule has 5 heteroatoms. The van der Waals surface area contributed by atoms with Crippen molar-refractivity contribution in [2.24, 2.45) is 0 Å². The van der Waals surface area contributed by atoms with Crippen molar-refractivity contribution in [2.45, 2.75) is 39.0 Å². The molecule has 0 aliphatic carbocycles. The molecule has 3 heterocycles. The van der Waals surface area contributed by atoms with E-state index in [1.807, 2.05) is 16.6 Å². The van der Waals surface area contributed by atoms with Crippen molar-refractivity contribution in [1.29, 1.82) is 0 Å². The van der Waals surface area contributed by atoms with Gasteiger partial charge in [0.25, 0.3) is 0 Å². The fourth-order valence-electron chi connectivity index (χ4n) is 2.36. The molecule has 0 aromatic carbocycles. The minimum atomic E-state index is -0.0456. The first-order chi connectivity index (χ1) is 8.55. The summed E-state index contributed by atoms with van der Waals surface area (Å²) in [6.45, 7) is 8.60. The Morgan fingerprint density at radius 3 is 2.44 bits per heavy atom. The second-order valence-electron chi connectivity index (χ2n) is 5.93. The summed E-state index contributed by atoms with van der Waals surface area (Å²) >= 11 is 0. The van der Waals surface area contributed by atoms with Gasteiger partial charge in [-0.2, -0.15) is 4.52 Å². The standard InChI is InChI=1S/C13H19N5/c1-13(2,3)12-15-14-10-6-7-11(16-18(10)12)17-8-4-5-9-17/h6-7H,4-5,8-9H2,1-3H3. The van der Waals surface area contributed by atoms with Gasteiger partial charge in [-0.25, -0.2) is 0 Å². The Bertz CT molecular complexity index is 560. The van der Waals surface area contributed by atoms with Crippen LogP contribution in [0.5, 0.6) is 0 Å². The maximum absolute atomic E-state index is 4.70. The number of anilines is 1. The van der Waals surface area contributed by atoms with Gasteiger partial charge in [0.05, 0.1) is 0 Å². The molecule has 0 radical (unpaired) electrons. The van der Waals surface area contributed by atoms with Crippen LogP contribution in [0.15, 0.2) is 12.1 Å². The van der Waals surface area contributed by atoms with Crippen molar-refractivity contribution in [2.75, 3.05) is 18.0 Å². The number of aromatic nitrogens is 4. The van der Waals surface area contributed by atoms with Gasteiger partial charge in [-0.3, -0.25) is 0 Å². The summed E-state index contributed by atoms with van der Waals surface area (Å²) in [6.07, 6.45) is 2.52. The highest BCUT2D eigenvalue weighted by atomic mass is 15.4. The van der Waals surface area contributed by atoms with Gasteiger partial charge in [-0.1, -0.05) is 20.8 Å². The quantitative estimate of drug-likeness (QED) is 0.771. The van der Waals surface area contributed by atoms with Crippen molar-refractivity contribution in [1.82, 2.24) is 19.8 Å². The summed E-state index contributed by atoms with van der Waals surface area (Å²) in [4.78, 5) is 2.33. The van der Waals surface area contributed by atoms with Gasteiger partial charge in [-0.05, 0) is 25.0 Å². The molecule has 3 rings (SSSR count). The average molecular weight is 245 g/mol. The first-order valence-corrected chi connectivity index (χ1v) is 6.53. The number of hydrogen-bond donors (Lipinski definition) is 0. The van der Waals surface area contributed by atoms with Crippen LogP contribution in [0.1, 0.15) is 39.4 Å².